The van der Waals surface area contributed by atoms with Crippen LogP contribution >= 0.6 is 15.9 Å². The van der Waals surface area contributed by atoms with Crippen molar-refractivity contribution in [2.45, 2.75) is 32.2 Å². The minimum atomic E-state index is 0.220. The lowest BCUT2D eigenvalue weighted by Gasteiger charge is -2.24. The molecule has 1 atom stereocenters. The summed E-state index contributed by atoms with van der Waals surface area (Å²) in [6.07, 6.45) is 3.30. The van der Waals surface area contributed by atoms with Crippen LogP contribution in [-0.2, 0) is 0 Å². The van der Waals surface area contributed by atoms with Crippen molar-refractivity contribution in [2.75, 3.05) is 13.6 Å². The molecule has 0 radical (unpaired) electrons. The van der Waals surface area contributed by atoms with Gasteiger partial charge in [-0.3, -0.25) is 4.79 Å². The summed E-state index contributed by atoms with van der Waals surface area (Å²) >= 11 is 3.43. The van der Waals surface area contributed by atoms with Gasteiger partial charge in [-0.25, -0.2) is 0 Å². The maximum atomic E-state index is 12.1. The molecule has 0 aliphatic heterocycles. The van der Waals surface area contributed by atoms with Crippen molar-refractivity contribution in [3.63, 3.8) is 0 Å². The van der Waals surface area contributed by atoms with Gasteiger partial charge in [0.2, 0.25) is 0 Å². The topological polar surface area (TPSA) is 20.3 Å². The van der Waals surface area contributed by atoms with E-state index in [2.05, 4.69) is 34.8 Å². The standard InChI is InChI=1S/C15H20BrNO/c1-11(12-7-8-12)17(2)10-9-15(18)13-5-3-4-6-14(13)16/h3-6,11-12H,7-10H2,1-2H3. The van der Waals surface area contributed by atoms with E-state index in [0.717, 1.165) is 22.5 Å². The monoisotopic (exact) mass is 309 g/mol. The van der Waals surface area contributed by atoms with Crippen molar-refractivity contribution in [3.05, 3.63) is 34.3 Å². The number of halogens is 1. The van der Waals surface area contributed by atoms with Crippen molar-refractivity contribution >= 4 is 21.7 Å². The summed E-state index contributed by atoms with van der Waals surface area (Å²) in [5, 5.41) is 0. The molecule has 0 spiro atoms. The van der Waals surface area contributed by atoms with E-state index in [0.29, 0.717) is 12.5 Å². The minimum absolute atomic E-state index is 0.220. The first kappa shape index (κ1) is 13.8. The molecule has 2 rings (SSSR count). The van der Waals surface area contributed by atoms with Crippen LogP contribution in [-0.4, -0.2) is 30.3 Å². The lowest BCUT2D eigenvalue weighted by molar-refractivity contribution is 0.0958. The predicted molar refractivity (Wildman–Crippen MR) is 77.9 cm³/mol. The molecule has 1 aliphatic carbocycles. The van der Waals surface area contributed by atoms with E-state index in [1.165, 1.54) is 12.8 Å². The molecule has 3 heteroatoms. The van der Waals surface area contributed by atoms with Gasteiger partial charge in [-0.1, -0.05) is 34.1 Å². The molecule has 0 amide bonds. The number of rotatable bonds is 6. The van der Waals surface area contributed by atoms with Gasteiger partial charge in [0.25, 0.3) is 0 Å². The van der Waals surface area contributed by atoms with Gasteiger partial charge in [0.15, 0.2) is 5.78 Å². The Kier molecular flexibility index (Phi) is 4.57. The van der Waals surface area contributed by atoms with Crippen LogP contribution < -0.4 is 0 Å². The SMILES string of the molecule is CC(C1CC1)N(C)CCC(=O)c1ccccc1Br. The predicted octanol–water partition coefficient (Wildman–Crippen LogP) is 3.75. The number of benzene rings is 1. The van der Waals surface area contributed by atoms with Crippen molar-refractivity contribution in [2.24, 2.45) is 5.92 Å². The fraction of sp³-hybridized carbons (Fsp3) is 0.533. The van der Waals surface area contributed by atoms with Crippen molar-refractivity contribution < 1.29 is 4.79 Å². The summed E-state index contributed by atoms with van der Waals surface area (Å²) < 4.78 is 0.896. The Hall–Kier alpha value is -0.670. The van der Waals surface area contributed by atoms with Crippen LogP contribution in [0.1, 0.15) is 36.5 Å². The highest BCUT2D eigenvalue weighted by Crippen LogP contribution is 2.34. The molecule has 1 aromatic carbocycles. The van der Waals surface area contributed by atoms with E-state index in [1.54, 1.807) is 0 Å². The number of nitrogens with zero attached hydrogens (tertiary/aromatic N) is 1. The van der Waals surface area contributed by atoms with Gasteiger partial charge < -0.3 is 4.90 Å². The normalized spacial score (nSPS) is 16.9. The zero-order valence-corrected chi connectivity index (χ0v) is 12.6. The Balaban J connectivity index is 1.86. The Morgan fingerprint density at radius 3 is 2.72 bits per heavy atom. The van der Waals surface area contributed by atoms with E-state index in [4.69, 9.17) is 0 Å². The average molecular weight is 310 g/mol. The van der Waals surface area contributed by atoms with Crippen LogP contribution in [0.2, 0.25) is 0 Å². The molecule has 0 aromatic heterocycles. The van der Waals surface area contributed by atoms with E-state index >= 15 is 0 Å². The number of carbonyl (C=O) groups excluding carboxylic acids is 1. The maximum Gasteiger partial charge on any atom is 0.165 e. The molecule has 2 nitrogen and oxygen atoms in total. The van der Waals surface area contributed by atoms with Crippen molar-refractivity contribution in [3.8, 4) is 0 Å². The Morgan fingerprint density at radius 2 is 2.11 bits per heavy atom. The van der Waals surface area contributed by atoms with Gasteiger partial charge >= 0.3 is 0 Å². The lowest BCUT2D eigenvalue weighted by Crippen LogP contribution is -2.32. The van der Waals surface area contributed by atoms with E-state index < -0.39 is 0 Å². The van der Waals surface area contributed by atoms with Gasteiger partial charge in [-0.15, -0.1) is 0 Å². The minimum Gasteiger partial charge on any atom is -0.303 e. The first-order valence-electron chi connectivity index (χ1n) is 6.57. The van der Waals surface area contributed by atoms with Gasteiger partial charge in [0.1, 0.15) is 0 Å². The number of hydrogen-bond donors (Lipinski definition) is 0. The summed E-state index contributed by atoms with van der Waals surface area (Å²) in [5.41, 5.74) is 0.796. The third-order valence-electron chi connectivity index (χ3n) is 3.87. The quantitative estimate of drug-likeness (QED) is 0.746. The van der Waals surface area contributed by atoms with E-state index in [9.17, 15) is 4.79 Å². The zero-order valence-electron chi connectivity index (χ0n) is 11.0. The Morgan fingerprint density at radius 1 is 1.44 bits per heavy atom. The van der Waals surface area contributed by atoms with Crippen molar-refractivity contribution in [1.82, 2.24) is 4.90 Å². The van der Waals surface area contributed by atoms with E-state index in [1.807, 2.05) is 24.3 Å². The summed E-state index contributed by atoms with van der Waals surface area (Å²) in [6.45, 7) is 3.11. The van der Waals surface area contributed by atoms with Gasteiger partial charge in [-0.05, 0) is 38.8 Å². The highest BCUT2D eigenvalue weighted by atomic mass is 79.9. The molecule has 0 bridgehead atoms. The Bertz CT molecular complexity index is 428. The molecule has 1 fully saturated rings. The molecule has 1 aromatic rings. The molecule has 0 heterocycles. The molecule has 98 valence electrons. The fourth-order valence-electron chi connectivity index (χ4n) is 2.24. The molecule has 0 saturated heterocycles. The highest BCUT2D eigenvalue weighted by molar-refractivity contribution is 9.10. The van der Waals surface area contributed by atoms with Gasteiger partial charge in [0, 0.05) is 29.0 Å². The van der Waals surface area contributed by atoms with Crippen LogP contribution in [0.5, 0.6) is 0 Å². The van der Waals surface area contributed by atoms with Crippen LogP contribution in [0, 0.1) is 5.92 Å². The molecule has 1 saturated carbocycles. The molecular weight excluding hydrogens is 290 g/mol. The molecule has 18 heavy (non-hydrogen) atoms. The number of hydrogen-bond acceptors (Lipinski definition) is 2. The summed E-state index contributed by atoms with van der Waals surface area (Å²) in [4.78, 5) is 14.4. The second kappa shape index (κ2) is 5.98. The molecule has 1 unspecified atom stereocenters. The third kappa shape index (κ3) is 3.42. The summed E-state index contributed by atoms with van der Waals surface area (Å²) in [6, 6.07) is 8.26. The maximum absolute atomic E-state index is 12.1. The lowest BCUT2D eigenvalue weighted by atomic mass is 10.1. The fourth-order valence-corrected chi connectivity index (χ4v) is 2.75. The van der Waals surface area contributed by atoms with Crippen molar-refractivity contribution in [1.29, 1.82) is 0 Å². The number of Topliss-reactive ketones (excluding diaryl/α,β-unsaturated/α-hetero) is 1. The van der Waals surface area contributed by atoms with Crippen LogP contribution in [0.4, 0.5) is 0 Å². The highest BCUT2D eigenvalue weighted by Gasteiger charge is 2.30. The van der Waals surface area contributed by atoms with Crippen LogP contribution in [0.15, 0.2) is 28.7 Å². The number of carbonyl (C=O) groups is 1. The van der Waals surface area contributed by atoms with Gasteiger partial charge in [-0.2, -0.15) is 0 Å². The average Bonchev–Trinajstić information content (AvgIpc) is 3.19. The smallest absolute Gasteiger partial charge is 0.165 e. The van der Waals surface area contributed by atoms with E-state index in [-0.39, 0.29) is 5.78 Å². The second-order valence-electron chi connectivity index (χ2n) is 5.21. The summed E-state index contributed by atoms with van der Waals surface area (Å²) in [5.74, 6) is 1.07. The third-order valence-corrected chi connectivity index (χ3v) is 4.56. The van der Waals surface area contributed by atoms with Crippen LogP contribution in [0.25, 0.3) is 0 Å². The first-order valence-corrected chi connectivity index (χ1v) is 7.37. The van der Waals surface area contributed by atoms with Gasteiger partial charge in [0.05, 0.1) is 0 Å². The summed E-state index contributed by atoms with van der Waals surface area (Å²) in [7, 11) is 2.12. The zero-order chi connectivity index (χ0) is 13.1. The Labute approximate surface area is 117 Å². The van der Waals surface area contributed by atoms with Crippen LogP contribution in [0.3, 0.4) is 0 Å². The molecular formula is C15H20BrNO. The molecule has 0 N–H and O–H groups in total. The second-order valence-corrected chi connectivity index (χ2v) is 6.07. The largest absolute Gasteiger partial charge is 0.303 e. The first-order chi connectivity index (χ1) is 8.59. The number of ketones is 1. The molecule has 1 aliphatic rings.